The lowest BCUT2D eigenvalue weighted by molar-refractivity contribution is -0.132. The fourth-order valence-corrected chi connectivity index (χ4v) is 4.88. The Balaban J connectivity index is 1.67. The third kappa shape index (κ3) is 4.98. The molecule has 1 saturated carbocycles. The Morgan fingerprint density at radius 2 is 1.94 bits per heavy atom. The maximum absolute atomic E-state index is 13.5. The van der Waals surface area contributed by atoms with Crippen molar-refractivity contribution in [1.82, 2.24) is 15.2 Å². The summed E-state index contributed by atoms with van der Waals surface area (Å²) in [5.74, 6) is -2.07. The second-order valence-electron chi connectivity index (χ2n) is 8.97. The van der Waals surface area contributed by atoms with E-state index < -0.39 is 35.7 Å². The van der Waals surface area contributed by atoms with E-state index in [-0.39, 0.29) is 18.0 Å². The van der Waals surface area contributed by atoms with Crippen molar-refractivity contribution in [2.75, 3.05) is 6.54 Å². The number of hydrogen-bond acceptors (Lipinski definition) is 4. The van der Waals surface area contributed by atoms with Gasteiger partial charge >= 0.3 is 0 Å². The van der Waals surface area contributed by atoms with Crippen LogP contribution in [0, 0.1) is 11.8 Å². The number of nitrogens with one attached hydrogen (secondary N) is 2. The number of aromatic nitrogens is 1. The molecule has 1 aromatic carbocycles. The molecule has 0 unspecified atom stereocenters. The van der Waals surface area contributed by atoms with Crippen molar-refractivity contribution in [3.8, 4) is 0 Å². The molecule has 176 valence electrons. The Kier molecular flexibility index (Phi) is 6.60. The summed E-state index contributed by atoms with van der Waals surface area (Å²) in [6.45, 7) is 0.601. The van der Waals surface area contributed by atoms with Gasteiger partial charge in [-0.3, -0.25) is 19.2 Å². The highest BCUT2D eigenvalue weighted by Gasteiger charge is 2.36. The van der Waals surface area contributed by atoms with E-state index in [1.54, 1.807) is 28.8 Å². The topological polar surface area (TPSA) is 149 Å². The molecule has 33 heavy (non-hydrogen) atoms. The molecule has 0 bridgehead atoms. The molecular weight excluding hydrogens is 446 g/mol. The molecule has 9 nitrogen and oxygen atoms in total. The van der Waals surface area contributed by atoms with Gasteiger partial charge in [0.15, 0.2) is 0 Å². The lowest BCUT2D eigenvalue weighted by Crippen LogP contribution is -2.50. The van der Waals surface area contributed by atoms with Crippen LogP contribution in [0.1, 0.15) is 55.1 Å². The van der Waals surface area contributed by atoms with E-state index in [0.717, 1.165) is 19.3 Å². The monoisotopic (exact) mass is 473 g/mol. The molecule has 0 spiro atoms. The van der Waals surface area contributed by atoms with Gasteiger partial charge < -0.3 is 26.7 Å². The second kappa shape index (κ2) is 9.43. The quantitative estimate of drug-likeness (QED) is 0.437. The fourth-order valence-electron chi connectivity index (χ4n) is 4.61. The van der Waals surface area contributed by atoms with Gasteiger partial charge in [0.2, 0.25) is 17.7 Å². The number of halogens is 1. The summed E-state index contributed by atoms with van der Waals surface area (Å²) in [6, 6.07) is 5.04. The second-order valence-corrected chi connectivity index (χ2v) is 9.37. The number of piperidine rings is 1. The molecule has 10 heteroatoms. The van der Waals surface area contributed by atoms with Gasteiger partial charge in [-0.2, -0.15) is 0 Å². The highest BCUT2D eigenvalue weighted by Crippen LogP contribution is 2.40. The predicted molar refractivity (Wildman–Crippen MR) is 123 cm³/mol. The van der Waals surface area contributed by atoms with Crippen LogP contribution in [-0.4, -0.2) is 40.8 Å². The molecule has 4 rings (SSSR count). The van der Waals surface area contributed by atoms with Crippen molar-refractivity contribution in [1.29, 1.82) is 0 Å². The number of carbonyl (C=O) groups is 4. The summed E-state index contributed by atoms with van der Waals surface area (Å²) in [5, 5.41) is 6.61. The molecule has 1 aromatic heterocycles. The van der Waals surface area contributed by atoms with Gasteiger partial charge in [0.25, 0.3) is 5.91 Å². The van der Waals surface area contributed by atoms with E-state index in [2.05, 4.69) is 10.6 Å². The van der Waals surface area contributed by atoms with Crippen LogP contribution in [0.5, 0.6) is 0 Å². The third-order valence-electron chi connectivity index (χ3n) is 6.51. The van der Waals surface area contributed by atoms with E-state index >= 15 is 0 Å². The van der Waals surface area contributed by atoms with E-state index in [4.69, 9.17) is 23.1 Å². The predicted octanol–water partition coefficient (Wildman–Crippen LogP) is 1.62. The summed E-state index contributed by atoms with van der Waals surface area (Å²) in [6.07, 6.45) is 3.97. The Morgan fingerprint density at radius 1 is 1.18 bits per heavy atom. The van der Waals surface area contributed by atoms with Crippen molar-refractivity contribution in [2.45, 2.75) is 50.6 Å². The first-order chi connectivity index (χ1) is 15.8. The standard InChI is InChI=1S/C23H28ClN5O4/c24-15-5-1-3-13-11-17(21(26)31)29(19(13)15)18(9-12-6-7-12)23(33)28-16(20(25)30)10-14-4-2-8-27-22(14)32/h1,3,5,11-12,14,16,18H,2,4,6-10H2,(H2,25,30)(H2,26,31)(H,27,32)(H,28,33)/t14-,16-,18-/m0/s1. The van der Waals surface area contributed by atoms with E-state index in [1.165, 1.54) is 0 Å². The average Bonchev–Trinajstić information content (AvgIpc) is 3.50. The highest BCUT2D eigenvalue weighted by atomic mass is 35.5. The molecule has 6 N–H and O–H groups in total. The first-order valence-corrected chi connectivity index (χ1v) is 11.6. The Labute approximate surface area is 196 Å². The van der Waals surface area contributed by atoms with Crippen LogP contribution in [0.2, 0.25) is 5.02 Å². The third-order valence-corrected chi connectivity index (χ3v) is 6.82. The first-order valence-electron chi connectivity index (χ1n) is 11.2. The van der Waals surface area contributed by atoms with Crippen molar-refractivity contribution in [3.63, 3.8) is 0 Å². The number of benzene rings is 1. The molecule has 1 aliphatic heterocycles. The number of rotatable bonds is 9. The minimum absolute atomic E-state index is 0.124. The van der Waals surface area contributed by atoms with Gasteiger partial charge in [-0.05, 0) is 43.7 Å². The molecule has 3 atom stereocenters. The molecule has 2 fully saturated rings. The maximum atomic E-state index is 13.5. The summed E-state index contributed by atoms with van der Waals surface area (Å²) >= 11 is 6.46. The van der Waals surface area contributed by atoms with Crippen molar-refractivity contribution in [3.05, 3.63) is 35.0 Å². The highest BCUT2D eigenvalue weighted by molar-refractivity contribution is 6.35. The van der Waals surface area contributed by atoms with Crippen LogP contribution in [0.4, 0.5) is 0 Å². The smallest absolute Gasteiger partial charge is 0.265 e. The van der Waals surface area contributed by atoms with Gasteiger partial charge in [0, 0.05) is 17.8 Å². The molecule has 1 aliphatic carbocycles. The molecule has 2 aromatic rings. The summed E-state index contributed by atoms with van der Waals surface area (Å²) in [7, 11) is 0. The molecule has 4 amide bonds. The summed E-state index contributed by atoms with van der Waals surface area (Å²) < 4.78 is 1.58. The number of nitrogens with zero attached hydrogens (tertiary/aromatic N) is 1. The number of primary amides is 2. The lowest BCUT2D eigenvalue weighted by Gasteiger charge is -2.27. The summed E-state index contributed by atoms with van der Waals surface area (Å²) in [4.78, 5) is 50.2. The molecule has 1 saturated heterocycles. The minimum Gasteiger partial charge on any atom is -0.368 e. The Hall–Kier alpha value is -3.07. The van der Waals surface area contributed by atoms with Gasteiger partial charge in [0.05, 0.1) is 10.5 Å². The van der Waals surface area contributed by atoms with E-state index in [9.17, 15) is 19.2 Å². The van der Waals surface area contributed by atoms with Gasteiger partial charge in [-0.15, -0.1) is 0 Å². The summed E-state index contributed by atoms with van der Waals surface area (Å²) in [5.41, 5.74) is 11.9. The van der Waals surface area contributed by atoms with Crippen LogP contribution in [0.25, 0.3) is 10.9 Å². The molecule has 0 radical (unpaired) electrons. The fraction of sp³-hybridized carbons (Fsp3) is 0.478. The van der Waals surface area contributed by atoms with Crippen molar-refractivity contribution < 1.29 is 19.2 Å². The van der Waals surface area contributed by atoms with Gasteiger partial charge in [-0.1, -0.05) is 36.6 Å². The van der Waals surface area contributed by atoms with Gasteiger partial charge in [0.1, 0.15) is 17.8 Å². The van der Waals surface area contributed by atoms with Crippen LogP contribution in [0.15, 0.2) is 24.3 Å². The zero-order chi connectivity index (χ0) is 23.7. The normalized spacial score (nSPS) is 20.2. The SMILES string of the molecule is NC(=O)c1cc2cccc(Cl)c2n1[C@@H](CC1CC1)C(=O)N[C@@H](C[C@@H]1CCCNC1=O)C(N)=O. The average molecular weight is 474 g/mol. The van der Waals surface area contributed by atoms with Crippen LogP contribution in [-0.2, 0) is 14.4 Å². The number of fused-ring (bicyclic) bond motifs is 1. The molecule has 2 heterocycles. The maximum Gasteiger partial charge on any atom is 0.265 e. The lowest BCUT2D eigenvalue weighted by atomic mass is 9.91. The zero-order valence-corrected chi connectivity index (χ0v) is 18.9. The number of nitrogens with two attached hydrogens (primary N) is 2. The number of hydrogen-bond donors (Lipinski definition) is 4. The largest absolute Gasteiger partial charge is 0.368 e. The van der Waals surface area contributed by atoms with Crippen LogP contribution >= 0.6 is 11.6 Å². The van der Waals surface area contributed by atoms with Crippen LogP contribution in [0.3, 0.4) is 0 Å². The van der Waals surface area contributed by atoms with Gasteiger partial charge in [-0.25, -0.2) is 0 Å². The Bertz CT molecular complexity index is 1110. The minimum atomic E-state index is -1.01. The number of carbonyl (C=O) groups excluding carboxylic acids is 4. The molecule has 2 aliphatic rings. The molecular formula is C23H28ClN5O4. The Morgan fingerprint density at radius 3 is 2.58 bits per heavy atom. The zero-order valence-electron chi connectivity index (χ0n) is 18.2. The van der Waals surface area contributed by atoms with Crippen LogP contribution < -0.4 is 22.1 Å². The number of para-hydroxylation sites is 1. The van der Waals surface area contributed by atoms with Crippen molar-refractivity contribution >= 4 is 46.1 Å². The number of amides is 4. The van der Waals surface area contributed by atoms with E-state index in [1.807, 2.05) is 0 Å². The van der Waals surface area contributed by atoms with E-state index in [0.29, 0.717) is 41.2 Å². The van der Waals surface area contributed by atoms with Crippen molar-refractivity contribution in [2.24, 2.45) is 23.3 Å². The first kappa shape index (κ1) is 23.1.